The smallest absolute Gasteiger partial charge is 0.136 e. The predicted molar refractivity (Wildman–Crippen MR) is 46.5 cm³/mol. The Balaban J connectivity index is 3.55. The van der Waals surface area contributed by atoms with Crippen LogP contribution < -0.4 is 0 Å². The monoisotopic (exact) mass is 208 g/mol. The summed E-state index contributed by atoms with van der Waals surface area (Å²) in [5, 5.41) is 0. The van der Waals surface area contributed by atoms with E-state index in [0.717, 1.165) is 0 Å². The first kappa shape index (κ1) is 9.31. The average Bonchev–Trinajstić information content (AvgIpc) is 1.21. The molecule has 0 unspecified atom stereocenters. The van der Waals surface area contributed by atoms with E-state index in [-0.39, 0.29) is 6.42 Å². The summed E-state index contributed by atoms with van der Waals surface area (Å²) in [6.45, 7) is 0. The zero-order valence-corrected chi connectivity index (χ0v) is 7.68. The third-order valence-electron chi connectivity index (χ3n) is 0.352. The third kappa shape index (κ3) is 7.31. The highest BCUT2D eigenvalue weighted by Gasteiger charge is 2.19. The van der Waals surface area contributed by atoms with Crippen molar-refractivity contribution in [1.29, 1.82) is 0 Å². The van der Waals surface area contributed by atoms with Gasteiger partial charge in [-0.05, 0) is 0 Å². The Labute approximate surface area is 73.9 Å². The summed E-state index contributed by atoms with van der Waals surface area (Å²) >= 11 is 24.3. The summed E-state index contributed by atoms with van der Waals surface area (Å²) in [5.41, 5.74) is 0. The molecule has 0 heterocycles. The molecule has 0 nitrogen and oxygen atoms in total. The molecule has 0 N–H and O–H groups in total. The summed E-state index contributed by atoms with van der Waals surface area (Å²) in [6.07, 6.45) is 0.218. The van der Waals surface area contributed by atoms with Gasteiger partial charge in [-0.25, -0.2) is 0 Å². The molecule has 0 aliphatic rings. The molecule has 0 atom stereocenters. The van der Waals surface area contributed by atoms with Crippen molar-refractivity contribution in [3.8, 4) is 0 Å². The van der Waals surface area contributed by atoms with Crippen LogP contribution in [-0.4, -0.2) is 7.99 Å². The standard InChI is InChI=1S/C3H3Cl3S2/c4-3(5,6)1-2(7)8/h1H2,(H,7,8). The molecule has 0 saturated heterocycles. The molecule has 0 fully saturated rings. The molecule has 5 heteroatoms. The molecule has 0 amide bonds. The lowest BCUT2D eigenvalue weighted by molar-refractivity contribution is 1.16. The number of thiol groups is 1. The van der Waals surface area contributed by atoms with Gasteiger partial charge in [0.1, 0.15) is 0 Å². The number of rotatable bonds is 1. The SMILES string of the molecule is S=C(S)CC(Cl)(Cl)Cl. The fraction of sp³-hybridized carbons (Fsp3) is 0.667. The van der Waals surface area contributed by atoms with E-state index in [9.17, 15) is 0 Å². The van der Waals surface area contributed by atoms with Crippen LogP contribution in [0.25, 0.3) is 0 Å². The van der Waals surface area contributed by atoms with E-state index in [1.54, 1.807) is 0 Å². The molecule has 8 heavy (non-hydrogen) atoms. The van der Waals surface area contributed by atoms with Crippen molar-refractivity contribution < 1.29 is 0 Å². The summed E-state index contributed by atoms with van der Waals surface area (Å²) in [5.74, 6) is 0. The second-order valence-electron chi connectivity index (χ2n) is 1.19. The number of hydrogen-bond donors (Lipinski definition) is 1. The Hall–Kier alpha value is 1.31. The highest BCUT2D eigenvalue weighted by atomic mass is 35.6. The Morgan fingerprint density at radius 3 is 1.88 bits per heavy atom. The van der Waals surface area contributed by atoms with Crippen LogP contribution >= 0.6 is 59.6 Å². The molecule has 0 saturated carbocycles. The number of thiocarbonyl (C=S) groups is 1. The maximum absolute atomic E-state index is 5.32. The Bertz CT molecular complexity index is 95.2. The second kappa shape index (κ2) is 3.47. The van der Waals surface area contributed by atoms with Gasteiger partial charge in [0.15, 0.2) is 3.79 Å². The van der Waals surface area contributed by atoms with Crippen LogP contribution in [0.4, 0.5) is 0 Å². The Morgan fingerprint density at radius 1 is 1.50 bits per heavy atom. The van der Waals surface area contributed by atoms with E-state index in [2.05, 4.69) is 24.8 Å². The first-order chi connectivity index (χ1) is 3.42. The van der Waals surface area contributed by atoms with E-state index in [1.165, 1.54) is 0 Å². The highest BCUT2D eigenvalue weighted by molar-refractivity contribution is 8.11. The molecular weight excluding hydrogens is 207 g/mol. The van der Waals surface area contributed by atoms with Crippen LogP contribution in [0.1, 0.15) is 6.42 Å². The van der Waals surface area contributed by atoms with Gasteiger partial charge in [-0.1, -0.05) is 47.0 Å². The van der Waals surface area contributed by atoms with Crippen molar-refractivity contribution in [3.63, 3.8) is 0 Å². The van der Waals surface area contributed by atoms with Gasteiger partial charge in [0.05, 0.1) is 0 Å². The van der Waals surface area contributed by atoms with Crippen LogP contribution in [0.5, 0.6) is 0 Å². The summed E-state index contributed by atoms with van der Waals surface area (Å²) in [6, 6.07) is 0. The van der Waals surface area contributed by atoms with Gasteiger partial charge in [0, 0.05) is 10.6 Å². The van der Waals surface area contributed by atoms with Gasteiger partial charge in [-0.3, -0.25) is 0 Å². The quantitative estimate of drug-likeness (QED) is 0.394. The number of hydrogen-bond acceptors (Lipinski definition) is 1. The van der Waals surface area contributed by atoms with Gasteiger partial charge >= 0.3 is 0 Å². The molecule has 0 radical (unpaired) electrons. The first-order valence-corrected chi connectivity index (χ1v) is 3.69. The molecule has 0 aliphatic heterocycles. The zero-order valence-electron chi connectivity index (χ0n) is 3.70. The number of halogens is 3. The Kier molecular flexibility index (Phi) is 4.04. The molecule has 0 aromatic heterocycles. The Morgan fingerprint density at radius 2 is 1.88 bits per heavy atom. The molecule has 0 aliphatic carbocycles. The van der Waals surface area contributed by atoms with Gasteiger partial charge in [0.2, 0.25) is 0 Å². The lowest BCUT2D eigenvalue weighted by atomic mass is 10.5. The molecular formula is C3H3Cl3S2. The lowest BCUT2D eigenvalue weighted by Crippen LogP contribution is -2.04. The van der Waals surface area contributed by atoms with E-state index in [4.69, 9.17) is 34.8 Å². The first-order valence-electron chi connectivity index (χ1n) is 1.70. The summed E-state index contributed by atoms with van der Waals surface area (Å²) in [7, 11) is 0. The minimum absolute atomic E-state index is 0.218. The molecule has 0 aromatic rings. The summed E-state index contributed by atoms with van der Waals surface area (Å²) < 4.78 is -0.872. The molecule has 0 bridgehead atoms. The van der Waals surface area contributed by atoms with E-state index in [1.807, 2.05) is 0 Å². The number of alkyl halides is 3. The van der Waals surface area contributed by atoms with Gasteiger partial charge < -0.3 is 0 Å². The van der Waals surface area contributed by atoms with Crippen LogP contribution in [-0.2, 0) is 0 Å². The van der Waals surface area contributed by atoms with Crippen LogP contribution in [0.2, 0.25) is 0 Å². The van der Waals surface area contributed by atoms with E-state index in [0.29, 0.717) is 4.20 Å². The van der Waals surface area contributed by atoms with Crippen molar-refractivity contribution in [2.75, 3.05) is 0 Å². The molecule has 48 valence electrons. The van der Waals surface area contributed by atoms with Crippen LogP contribution in [0.3, 0.4) is 0 Å². The second-order valence-corrected chi connectivity index (χ2v) is 5.04. The van der Waals surface area contributed by atoms with Crippen molar-refractivity contribution in [2.24, 2.45) is 0 Å². The van der Waals surface area contributed by atoms with Crippen LogP contribution in [0, 0.1) is 0 Å². The molecule has 0 spiro atoms. The van der Waals surface area contributed by atoms with Gasteiger partial charge in [-0.15, -0.1) is 12.6 Å². The van der Waals surface area contributed by atoms with Crippen molar-refractivity contribution in [1.82, 2.24) is 0 Å². The lowest BCUT2D eigenvalue weighted by Gasteiger charge is -2.06. The normalized spacial score (nSPS) is 11.5. The molecule has 0 rings (SSSR count). The zero-order chi connectivity index (χ0) is 6.78. The van der Waals surface area contributed by atoms with Crippen molar-refractivity contribution in [3.05, 3.63) is 0 Å². The van der Waals surface area contributed by atoms with E-state index >= 15 is 0 Å². The maximum Gasteiger partial charge on any atom is 0.195 e. The van der Waals surface area contributed by atoms with Gasteiger partial charge in [0.25, 0.3) is 0 Å². The van der Waals surface area contributed by atoms with Crippen LogP contribution in [0.15, 0.2) is 0 Å². The van der Waals surface area contributed by atoms with Crippen molar-refractivity contribution in [2.45, 2.75) is 10.2 Å². The van der Waals surface area contributed by atoms with Crippen molar-refractivity contribution >= 4 is 63.8 Å². The average molecular weight is 210 g/mol. The highest BCUT2D eigenvalue weighted by Crippen LogP contribution is 2.30. The van der Waals surface area contributed by atoms with Gasteiger partial charge in [-0.2, -0.15) is 0 Å². The molecule has 0 aromatic carbocycles. The predicted octanol–water partition coefficient (Wildman–Crippen LogP) is 3.00. The largest absolute Gasteiger partial charge is 0.195 e. The summed E-state index contributed by atoms with van der Waals surface area (Å²) in [4.78, 5) is 0. The van der Waals surface area contributed by atoms with E-state index < -0.39 is 3.79 Å². The fourth-order valence-electron chi connectivity index (χ4n) is 0.171. The topological polar surface area (TPSA) is 0 Å². The minimum Gasteiger partial charge on any atom is -0.136 e. The maximum atomic E-state index is 5.32. The minimum atomic E-state index is -1.28. The third-order valence-corrected chi connectivity index (χ3v) is 1.06. The fourth-order valence-corrected chi connectivity index (χ4v) is 1.54.